The number of benzene rings is 2. The van der Waals surface area contributed by atoms with Gasteiger partial charge in [0.1, 0.15) is 0 Å². The van der Waals surface area contributed by atoms with E-state index in [0.29, 0.717) is 11.1 Å². The Labute approximate surface area is 125 Å². The van der Waals surface area contributed by atoms with Crippen molar-refractivity contribution in [1.29, 1.82) is 0 Å². The van der Waals surface area contributed by atoms with Crippen molar-refractivity contribution >= 4 is 23.3 Å². The van der Waals surface area contributed by atoms with Crippen molar-refractivity contribution in [3.63, 3.8) is 0 Å². The molecule has 1 amide bonds. The predicted molar refractivity (Wildman–Crippen MR) is 79.8 cm³/mol. The molecule has 0 atom stereocenters. The molecule has 0 saturated carbocycles. The lowest BCUT2D eigenvalue weighted by atomic mass is 9.98. The largest absolute Gasteiger partial charge is 0.477 e. The summed E-state index contributed by atoms with van der Waals surface area (Å²) in [6.07, 6.45) is 0. The SMILES string of the molecule is CC(=O)Nc1c(-c2ccccc2)ccc([N+](=O)[O-])c1C(=O)O. The molecular formula is C15H12N2O5. The van der Waals surface area contributed by atoms with Gasteiger partial charge in [-0.15, -0.1) is 0 Å². The quantitative estimate of drug-likeness (QED) is 0.666. The predicted octanol–water partition coefficient (Wildman–Crippen LogP) is 2.92. The van der Waals surface area contributed by atoms with Crippen LogP contribution >= 0.6 is 0 Å². The van der Waals surface area contributed by atoms with Gasteiger partial charge in [-0.1, -0.05) is 30.3 Å². The summed E-state index contributed by atoms with van der Waals surface area (Å²) in [4.78, 5) is 33.1. The number of hydrogen-bond acceptors (Lipinski definition) is 4. The zero-order valence-electron chi connectivity index (χ0n) is 11.6. The van der Waals surface area contributed by atoms with Crippen LogP contribution in [-0.2, 0) is 4.79 Å². The van der Waals surface area contributed by atoms with Gasteiger partial charge in [0.05, 0.1) is 10.6 Å². The van der Waals surface area contributed by atoms with Crippen LogP contribution in [0.15, 0.2) is 42.5 Å². The monoisotopic (exact) mass is 300 g/mol. The van der Waals surface area contributed by atoms with Crippen LogP contribution < -0.4 is 5.32 Å². The molecule has 2 aromatic carbocycles. The van der Waals surface area contributed by atoms with Crippen LogP contribution in [0.2, 0.25) is 0 Å². The normalized spacial score (nSPS) is 10.0. The van der Waals surface area contributed by atoms with E-state index in [1.54, 1.807) is 30.3 Å². The lowest BCUT2D eigenvalue weighted by molar-refractivity contribution is -0.385. The van der Waals surface area contributed by atoms with Crippen LogP contribution in [0.3, 0.4) is 0 Å². The van der Waals surface area contributed by atoms with E-state index in [1.165, 1.54) is 13.0 Å². The summed E-state index contributed by atoms with van der Waals surface area (Å²) < 4.78 is 0. The molecule has 0 spiro atoms. The summed E-state index contributed by atoms with van der Waals surface area (Å²) in [7, 11) is 0. The van der Waals surface area contributed by atoms with E-state index in [0.717, 1.165) is 6.07 Å². The Bertz CT molecular complexity index is 756. The van der Waals surface area contributed by atoms with Gasteiger partial charge in [-0.05, 0) is 11.6 Å². The number of nitrogens with zero attached hydrogens (tertiary/aromatic N) is 1. The van der Waals surface area contributed by atoms with E-state index < -0.39 is 28.1 Å². The molecule has 0 heterocycles. The molecule has 112 valence electrons. The van der Waals surface area contributed by atoms with Crippen LogP contribution in [0.25, 0.3) is 11.1 Å². The number of carboxylic acids is 1. The number of nitrogens with one attached hydrogen (secondary N) is 1. The third kappa shape index (κ3) is 2.93. The van der Waals surface area contributed by atoms with E-state index in [4.69, 9.17) is 0 Å². The lowest BCUT2D eigenvalue weighted by Crippen LogP contribution is -2.14. The minimum Gasteiger partial charge on any atom is -0.477 e. The summed E-state index contributed by atoms with van der Waals surface area (Å²) in [5.74, 6) is -1.99. The molecule has 0 fully saturated rings. The third-order valence-corrected chi connectivity index (χ3v) is 2.98. The summed E-state index contributed by atoms with van der Waals surface area (Å²) in [5, 5.41) is 22.8. The average Bonchev–Trinajstić information content (AvgIpc) is 2.46. The minimum atomic E-state index is -1.48. The van der Waals surface area contributed by atoms with E-state index in [1.807, 2.05) is 0 Å². The molecule has 0 aliphatic carbocycles. The topological polar surface area (TPSA) is 110 Å². The molecule has 0 aromatic heterocycles. The second kappa shape index (κ2) is 6.04. The molecule has 7 heteroatoms. The number of anilines is 1. The molecule has 0 saturated heterocycles. The second-order valence-corrected chi connectivity index (χ2v) is 4.49. The highest BCUT2D eigenvalue weighted by atomic mass is 16.6. The third-order valence-electron chi connectivity index (χ3n) is 2.98. The maximum absolute atomic E-state index is 11.5. The Morgan fingerprint density at radius 3 is 2.27 bits per heavy atom. The molecule has 2 N–H and O–H groups in total. The molecular weight excluding hydrogens is 288 g/mol. The standard InChI is InChI=1S/C15H12N2O5/c1-9(18)16-14-11(10-5-3-2-4-6-10)7-8-12(17(21)22)13(14)15(19)20/h2-8H,1H3,(H,16,18)(H,19,20). The number of rotatable bonds is 4. The fraction of sp³-hybridized carbons (Fsp3) is 0.0667. The molecule has 2 aromatic rings. The van der Waals surface area contributed by atoms with Gasteiger partial charge in [0.25, 0.3) is 5.69 Å². The summed E-state index contributed by atoms with van der Waals surface area (Å²) in [6, 6.07) is 11.3. The number of carbonyl (C=O) groups is 2. The molecule has 0 bridgehead atoms. The van der Waals surface area contributed by atoms with E-state index in [2.05, 4.69) is 5.32 Å². The summed E-state index contributed by atoms with van der Waals surface area (Å²) in [5.41, 5.74) is -0.152. The number of hydrogen-bond donors (Lipinski definition) is 2. The Morgan fingerprint density at radius 1 is 1.14 bits per heavy atom. The Morgan fingerprint density at radius 2 is 1.77 bits per heavy atom. The van der Waals surface area contributed by atoms with Crippen molar-refractivity contribution in [3.8, 4) is 11.1 Å². The number of carbonyl (C=O) groups excluding carboxylic acids is 1. The second-order valence-electron chi connectivity index (χ2n) is 4.49. The van der Waals surface area contributed by atoms with Crippen molar-refractivity contribution in [2.75, 3.05) is 5.32 Å². The molecule has 0 aliphatic rings. The zero-order chi connectivity index (χ0) is 16.3. The highest BCUT2D eigenvalue weighted by Gasteiger charge is 2.27. The number of amides is 1. The van der Waals surface area contributed by atoms with Gasteiger partial charge in [-0.3, -0.25) is 14.9 Å². The summed E-state index contributed by atoms with van der Waals surface area (Å²) in [6.45, 7) is 1.21. The molecule has 0 aliphatic heterocycles. The first kappa shape index (κ1) is 15.2. The highest BCUT2D eigenvalue weighted by molar-refractivity contribution is 6.07. The van der Waals surface area contributed by atoms with Crippen molar-refractivity contribution in [3.05, 3.63) is 58.1 Å². The fourth-order valence-corrected chi connectivity index (χ4v) is 2.12. The van der Waals surface area contributed by atoms with Crippen LogP contribution in [0.4, 0.5) is 11.4 Å². The average molecular weight is 300 g/mol. The van der Waals surface area contributed by atoms with Crippen molar-refractivity contribution < 1.29 is 19.6 Å². The van der Waals surface area contributed by atoms with Gasteiger partial charge in [-0.25, -0.2) is 4.79 Å². The Hall–Kier alpha value is -3.22. The van der Waals surface area contributed by atoms with Gasteiger partial charge in [0, 0.05) is 18.6 Å². The maximum Gasteiger partial charge on any atom is 0.344 e. The van der Waals surface area contributed by atoms with Gasteiger partial charge < -0.3 is 10.4 Å². The smallest absolute Gasteiger partial charge is 0.344 e. The molecule has 22 heavy (non-hydrogen) atoms. The van der Waals surface area contributed by atoms with Gasteiger partial charge >= 0.3 is 5.97 Å². The first-order valence-corrected chi connectivity index (χ1v) is 6.29. The van der Waals surface area contributed by atoms with Crippen molar-refractivity contribution in [1.82, 2.24) is 0 Å². The molecule has 0 radical (unpaired) electrons. The minimum absolute atomic E-state index is 0.0830. The number of carboxylic acid groups (broad SMARTS) is 1. The number of nitro benzene ring substituents is 1. The lowest BCUT2D eigenvalue weighted by Gasteiger charge is -2.13. The first-order valence-electron chi connectivity index (χ1n) is 6.29. The van der Waals surface area contributed by atoms with Gasteiger partial charge in [0.15, 0.2) is 5.56 Å². The van der Waals surface area contributed by atoms with Crippen LogP contribution in [0.1, 0.15) is 17.3 Å². The number of nitro groups is 1. The maximum atomic E-state index is 11.5. The van der Waals surface area contributed by atoms with E-state index >= 15 is 0 Å². The van der Waals surface area contributed by atoms with Crippen LogP contribution in [-0.4, -0.2) is 21.9 Å². The van der Waals surface area contributed by atoms with E-state index in [-0.39, 0.29) is 5.69 Å². The van der Waals surface area contributed by atoms with Crippen LogP contribution in [0.5, 0.6) is 0 Å². The Balaban J connectivity index is 2.80. The van der Waals surface area contributed by atoms with E-state index in [9.17, 15) is 24.8 Å². The molecule has 2 rings (SSSR count). The fourth-order valence-electron chi connectivity index (χ4n) is 2.12. The van der Waals surface area contributed by atoms with Crippen LogP contribution in [0, 0.1) is 10.1 Å². The Kier molecular flexibility index (Phi) is 4.17. The van der Waals surface area contributed by atoms with Crippen molar-refractivity contribution in [2.24, 2.45) is 0 Å². The van der Waals surface area contributed by atoms with Gasteiger partial charge in [0.2, 0.25) is 5.91 Å². The zero-order valence-corrected chi connectivity index (χ0v) is 11.6. The highest BCUT2D eigenvalue weighted by Crippen LogP contribution is 2.36. The summed E-state index contributed by atoms with van der Waals surface area (Å²) >= 11 is 0. The van der Waals surface area contributed by atoms with Gasteiger partial charge in [-0.2, -0.15) is 0 Å². The first-order chi connectivity index (χ1) is 10.4. The molecule has 7 nitrogen and oxygen atoms in total. The number of aromatic carboxylic acids is 1. The molecule has 0 unspecified atom stereocenters. The van der Waals surface area contributed by atoms with Crippen molar-refractivity contribution in [2.45, 2.75) is 6.92 Å².